The molecule has 0 unspecified atom stereocenters. The van der Waals surface area contributed by atoms with E-state index in [0.29, 0.717) is 6.79 Å². The lowest BCUT2D eigenvalue weighted by Gasteiger charge is -2.06. The van der Waals surface area contributed by atoms with Gasteiger partial charge in [-0.2, -0.15) is 5.10 Å². The summed E-state index contributed by atoms with van der Waals surface area (Å²) in [6, 6.07) is 16.3. The summed E-state index contributed by atoms with van der Waals surface area (Å²) in [5, 5.41) is 7.86. The number of para-hydroxylation sites is 1. The fraction of sp³-hybridized carbons (Fsp3) is 0.211. The van der Waals surface area contributed by atoms with E-state index in [2.05, 4.69) is 34.8 Å². The minimum atomic E-state index is 0.304. The van der Waals surface area contributed by atoms with E-state index in [9.17, 15) is 0 Å². The van der Waals surface area contributed by atoms with Crippen LogP contribution >= 0.6 is 0 Å². The minimum absolute atomic E-state index is 0.304. The number of aromatic nitrogens is 2. The quantitative estimate of drug-likeness (QED) is 0.758. The second-order valence-electron chi connectivity index (χ2n) is 5.79. The van der Waals surface area contributed by atoms with Gasteiger partial charge in [-0.25, -0.2) is 0 Å². The van der Waals surface area contributed by atoms with Gasteiger partial charge in [0.15, 0.2) is 11.5 Å². The summed E-state index contributed by atoms with van der Waals surface area (Å²) in [7, 11) is 0. The van der Waals surface area contributed by atoms with E-state index in [4.69, 9.17) is 9.47 Å². The summed E-state index contributed by atoms with van der Waals surface area (Å²) >= 11 is 0. The second kappa shape index (κ2) is 6.76. The van der Waals surface area contributed by atoms with Crippen LogP contribution in [0.1, 0.15) is 16.7 Å². The van der Waals surface area contributed by atoms with Crippen molar-refractivity contribution in [2.24, 2.45) is 0 Å². The molecular weight excluding hydrogens is 302 g/mol. The molecular formula is C19H19N3O2. The molecule has 24 heavy (non-hydrogen) atoms. The van der Waals surface area contributed by atoms with Crippen molar-refractivity contribution < 1.29 is 9.47 Å². The molecule has 0 atom stereocenters. The van der Waals surface area contributed by atoms with E-state index in [-0.39, 0.29) is 0 Å². The van der Waals surface area contributed by atoms with Crippen LogP contribution in [-0.2, 0) is 19.6 Å². The van der Waals surface area contributed by atoms with Crippen LogP contribution in [0.15, 0.2) is 60.9 Å². The molecule has 0 bridgehead atoms. The van der Waals surface area contributed by atoms with Crippen LogP contribution in [0.4, 0.5) is 0 Å². The number of benzene rings is 2. The number of ether oxygens (including phenoxy) is 2. The van der Waals surface area contributed by atoms with Crippen molar-refractivity contribution in [1.82, 2.24) is 15.1 Å². The van der Waals surface area contributed by atoms with E-state index >= 15 is 0 Å². The Morgan fingerprint density at radius 2 is 1.88 bits per heavy atom. The highest BCUT2D eigenvalue weighted by Crippen LogP contribution is 2.35. The van der Waals surface area contributed by atoms with Gasteiger partial charge in [-0.15, -0.1) is 0 Å². The summed E-state index contributed by atoms with van der Waals surface area (Å²) in [4.78, 5) is 0. The van der Waals surface area contributed by atoms with Crippen LogP contribution in [0.5, 0.6) is 11.5 Å². The van der Waals surface area contributed by atoms with Crippen LogP contribution in [0, 0.1) is 0 Å². The Morgan fingerprint density at radius 1 is 0.958 bits per heavy atom. The smallest absolute Gasteiger partial charge is 0.231 e. The molecule has 2 heterocycles. The molecule has 0 amide bonds. The first kappa shape index (κ1) is 14.8. The molecule has 1 aromatic heterocycles. The van der Waals surface area contributed by atoms with Crippen molar-refractivity contribution in [2.45, 2.75) is 19.6 Å². The molecule has 1 N–H and O–H groups in total. The fourth-order valence-electron chi connectivity index (χ4n) is 2.83. The van der Waals surface area contributed by atoms with E-state index < -0.39 is 0 Å². The van der Waals surface area contributed by atoms with Crippen molar-refractivity contribution in [3.05, 3.63) is 77.6 Å². The molecule has 4 rings (SSSR count). The molecule has 0 radical (unpaired) electrons. The van der Waals surface area contributed by atoms with Gasteiger partial charge < -0.3 is 14.8 Å². The van der Waals surface area contributed by atoms with Gasteiger partial charge in [0, 0.05) is 30.4 Å². The molecule has 0 saturated heterocycles. The number of rotatable bonds is 6. The van der Waals surface area contributed by atoms with Crippen molar-refractivity contribution in [2.75, 3.05) is 6.79 Å². The van der Waals surface area contributed by atoms with Crippen LogP contribution in [0.2, 0.25) is 0 Å². The van der Waals surface area contributed by atoms with Gasteiger partial charge in [0.1, 0.15) is 0 Å². The third-order valence-electron chi connectivity index (χ3n) is 4.00. The van der Waals surface area contributed by atoms with E-state index in [1.165, 1.54) is 5.56 Å². The van der Waals surface area contributed by atoms with Crippen molar-refractivity contribution in [3.63, 3.8) is 0 Å². The van der Waals surface area contributed by atoms with Crippen LogP contribution < -0.4 is 14.8 Å². The maximum atomic E-state index is 5.52. The number of fused-ring (bicyclic) bond motifs is 1. The largest absolute Gasteiger partial charge is 0.454 e. The molecule has 122 valence electrons. The predicted octanol–water partition coefficient (Wildman–Crippen LogP) is 2.95. The first-order chi connectivity index (χ1) is 11.9. The lowest BCUT2D eigenvalue weighted by atomic mass is 10.2. The van der Waals surface area contributed by atoms with Gasteiger partial charge in [0.05, 0.1) is 12.7 Å². The van der Waals surface area contributed by atoms with Gasteiger partial charge in [-0.1, -0.05) is 42.5 Å². The third-order valence-corrected chi connectivity index (χ3v) is 4.00. The first-order valence-electron chi connectivity index (χ1n) is 8.02. The average Bonchev–Trinajstić information content (AvgIpc) is 3.25. The van der Waals surface area contributed by atoms with Gasteiger partial charge in [0.25, 0.3) is 0 Å². The Bertz CT molecular complexity index is 814. The number of nitrogens with zero attached hydrogens (tertiary/aromatic N) is 2. The maximum absolute atomic E-state index is 5.52. The normalized spacial score (nSPS) is 12.5. The standard InChI is InChI=1S/C19H19N3O2/c1-2-5-15(6-3-1)12-22-13-16(10-21-22)9-20-11-17-7-4-8-18-19(17)24-14-23-18/h1-8,10,13,20H,9,11-12,14H2. The molecule has 0 spiro atoms. The molecule has 2 aromatic carbocycles. The Hall–Kier alpha value is -2.79. The highest BCUT2D eigenvalue weighted by atomic mass is 16.7. The second-order valence-corrected chi connectivity index (χ2v) is 5.79. The Labute approximate surface area is 140 Å². The molecule has 3 aromatic rings. The number of nitrogens with one attached hydrogen (secondary N) is 1. The zero-order chi connectivity index (χ0) is 16.2. The fourth-order valence-corrected chi connectivity index (χ4v) is 2.83. The number of hydrogen-bond acceptors (Lipinski definition) is 4. The van der Waals surface area contributed by atoms with Crippen LogP contribution in [0.25, 0.3) is 0 Å². The van der Waals surface area contributed by atoms with E-state index in [1.54, 1.807) is 0 Å². The Kier molecular flexibility index (Phi) is 4.16. The van der Waals surface area contributed by atoms with Crippen molar-refractivity contribution >= 4 is 0 Å². The van der Waals surface area contributed by atoms with E-state index in [1.807, 2.05) is 41.2 Å². The molecule has 5 heteroatoms. The molecule has 1 aliphatic heterocycles. The zero-order valence-electron chi connectivity index (χ0n) is 13.3. The monoisotopic (exact) mass is 321 g/mol. The van der Waals surface area contributed by atoms with Gasteiger partial charge in [-0.05, 0) is 11.6 Å². The maximum Gasteiger partial charge on any atom is 0.231 e. The molecule has 0 fully saturated rings. The molecule has 0 saturated carbocycles. The molecule has 5 nitrogen and oxygen atoms in total. The summed E-state index contributed by atoms with van der Waals surface area (Å²) in [6.07, 6.45) is 3.99. The highest BCUT2D eigenvalue weighted by molar-refractivity contribution is 5.48. The van der Waals surface area contributed by atoms with Crippen LogP contribution in [-0.4, -0.2) is 16.6 Å². The Balaban J connectivity index is 1.33. The minimum Gasteiger partial charge on any atom is -0.454 e. The van der Waals surface area contributed by atoms with Crippen molar-refractivity contribution in [1.29, 1.82) is 0 Å². The Morgan fingerprint density at radius 3 is 2.79 bits per heavy atom. The average molecular weight is 321 g/mol. The van der Waals surface area contributed by atoms with Gasteiger partial charge >= 0.3 is 0 Å². The third kappa shape index (κ3) is 3.26. The molecule has 1 aliphatic rings. The van der Waals surface area contributed by atoms with Gasteiger partial charge in [0.2, 0.25) is 6.79 Å². The van der Waals surface area contributed by atoms with Crippen molar-refractivity contribution in [3.8, 4) is 11.5 Å². The van der Waals surface area contributed by atoms with Crippen LogP contribution in [0.3, 0.4) is 0 Å². The van der Waals surface area contributed by atoms with E-state index in [0.717, 1.165) is 42.3 Å². The summed E-state index contributed by atoms with van der Waals surface area (Å²) < 4.78 is 12.9. The zero-order valence-corrected chi connectivity index (χ0v) is 13.3. The number of hydrogen-bond donors (Lipinski definition) is 1. The predicted molar refractivity (Wildman–Crippen MR) is 90.9 cm³/mol. The molecule has 0 aliphatic carbocycles. The lowest BCUT2D eigenvalue weighted by Crippen LogP contribution is -2.12. The summed E-state index contributed by atoms with van der Waals surface area (Å²) in [5.74, 6) is 1.68. The lowest BCUT2D eigenvalue weighted by molar-refractivity contribution is 0.173. The highest BCUT2D eigenvalue weighted by Gasteiger charge is 2.16. The first-order valence-corrected chi connectivity index (χ1v) is 8.02. The summed E-state index contributed by atoms with van der Waals surface area (Å²) in [6.45, 7) is 2.59. The van der Waals surface area contributed by atoms with Gasteiger partial charge in [-0.3, -0.25) is 4.68 Å². The SMILES string of the molecule is c1ccc(Cn2cc(CNCc3cccc4c3OCO4)cn2)cc1. The topological polar surface area (TPSA) is 48.3 Å². The summed E-state index contributed by atoms with van der Waals surface area (Å²) in [5.41, 5.74) is 3.52.